The first kappa shape index (κ1) is 18.8. The molecule has 1 fully saturated rings. The van der Waals surface area contributed by atoms with E-state index < -0.39 is 4.92 Å². The van der Waals surface area contributed by atoms with Crippen LogP contribution >= 0.6 is 11.8 Å². The number of benzene rings is 2. The molecule has 0 aromatic heterocycles. The van der Waals surface area contributed by atoms with Gasteiger partial charge >= 0.3 is 0 Å². The number of rotatable bonds is 4. The van der Waals surface area contributed by atoms with E-state index in [4.69, 9.17) is 4.74 Å². The van der Waals surface area contributed by atoms with Gasteiger partial charge in [-0.2, -0.15) is 0 Å². The molecule has 1 saturated heterocycles. The van der Waals surface area contributed by atoms with E-state index in [-0.39, 0.29) is 17.6 Å². The number of hydrogen-bond donors (Lipinski definition) is 1. The number of ether oxygens (including phenoxy) is 1. The lowest BCUT2D eigenvalue weighted by molar-refractivity contribution is -0.384. The molecule has 2 aliphatic heterocycles. The minimum Gasteiger partial charge on any atom is -0.378 e. The van der Waals surface area contributed by atoms with E-state index in [1.54, 1.807) is 17.8 Å². The second-order valence-corrected chi connectivity index (χ2v) is 7.90. The van der Waals surface area contributed by atoms with E-state index in [1.165, 1.54) is 17.0 Å². The molecule has 2 heterocycles. The SMILES string of the molecule is O=C(N[C@@H]1CCSc2ccccc21)c1cc([N+](=O)[O-])ccc1N1CCOCC1. The number of nitrogens with zero attached hydrogens (tertiary/aromatic N) is 2. The normalized spacial score (nSPS) is 19.0. The van der Waals surface area contributed by atoms with Gasteiger partial charge in [-0.25, -0.2) is 0 Å². The number of anilines is 1. The van der Waals surface area contributed by atoms with E-state index in [0.717, 1.165) is 17.7 Å². The zero-order valence-electron chi connectivity index (χ0n) is 15.3. The smallest absolute Gasteiger partial charge is 0.270 e. The van der Waals surface area contributed by atoms with Gasteiger partial charge in [0.1, 0.15) is 0 Å². The Hall–Kier alpha value is -2.58. The zero-order chi connectivity index (χ0) is 19.5. The minimum atomic E-state index is -0.466. The van der Waals surface area contributed by atoms with Gasteiger partial charge < -0.3 is 15.0 Å². The summed E-state index contributed by atoms with van der Waals surface area (Å²) in [6.07, 6.45) is 0.829. The summed E-state index contributed by atoms with van der Waals surface area (Å²) in [5.74, 6) is 0.643. The van der Waals surface area contributed by atoms with E-state index >= 15 is 0 Å². The van der Waals surface area contributed by atoms with Gasteiger partial charge in [0.25, 0.3) is 11.6 Å². The van der Waals surface area contributed by atoms with Crippen LogP contribution in [0.3, 0.4) is 0 Å². The van der Waals surface area contributed by atoms with Crippen molar-refractivity contribution < 1.29 is 14.5 Å². The molecule has 4 rings (SSSR count). The number of amides is 1. The van der Waals surface area contributed by atoms with Crippen LogP contribution in [0.15, 0.2) is 47.4 Å². The lowest BCUT2D eigenvalue weighted by Crippen LogP contribution is -2.38. The Kier molecular flexibility index (Phi) is 5.50. The number of thioether (sulfide) groups is 1. The van der Waals surface area contributed by atoms with Crippen LogP contribution in [0.4, 0.5) is 11.4 Å². The van der Waals surface area contributed by atoms with Gasteiger partial charge in [0.15, 0.2) is 0 Å². The number of morpholine rings is 1. The van der Waals surface area contributed by atoms with Crippen LogP contribution < -0.4 is 10.2 Å². The molecule has 0 spiro atoms. The number of hydrogen-bond acceptors (Lipinski definition) is 6. The molecule has 0 unspecified atom stereocenters. The third kappa shape index (κ3) is 3.83. The Morgan fingerprint density at radius 1 is 1.21 bits per heavy atom. The van der Waals surface area contributed by atoms with Gasteiger partial charge in [-0.15, -0.1) is 11.8 Å². The fourth-order valence-corrected chi connectivity index (χ4v) is 4.75. The molecular weight excluding hydrogens is 378 g/mol. The average Bonchev–Trinajstić information content (AvgIpc) is 2.74. The van der Waals surface area contributed by atoms with Crippen molar-refractivity contribution in [2.75, 3.05) is 37.0 Å². The highest BCUT2D eigenvalue weighted by Crippen LogP contribution is 2.36. The Morgan fingerprint density at radius 3 is 2.79 bits per heavy atom. The molecule has 2 aromatic rings. The molecule has 2 aliphatic rings. The van der Waals surface area contributed by atoms with Crippen LogP contribution in [-0.2, 0) is 4.74 Å². The number of nitro benzene ring substituents is 1. The molecule has 28 heavy (non-hydrogen) atoms. The Bertz CT molecular complexity index is 899. The maximum Gasteiger partial charge on any atom is 0.270 e. The second kappa shape index (κ2) is 8.20. The monoisotopic (exact) mass is 399 g/mol. The summed E-state index contributed by atoms with van der Waals surface area (Å²) in [5, 5.41) is 14.4. The van der Waals surface area contributed by atoms with Crippen molar-refractivity contribution in [3.05, 3.63) is 63.7 Å². The molecule has 146 valence electrons. The van der Waals surface area contributed by atoms with Crippen LogP contribution in [0.2, 0.25) is 0 Å². The van der Waals surface area contributed by atoms with Crippen molar-refractivity contribution in [2.45, 2.75) is 17.4 Å². The highest BCUT2D eigenvalue weighted by molar-refractivity contribution is 7.99. The lowest BCUT2D eigenvalue weighted by atomic mass is 10.0. The quantitative estimate of drug-likeness (QED) is 0.627. The van der Waals surface area contributed by atoms with Crippen LogP contribution in [0.25, 0.3) is 0 Å². The third-order valence-corrected chi connectivity index (χ3v) is 6.17. The van der Waals surface area contributed by atoms with Crippen molar-refractivity contribution in [1.82, 2.24) is 5.32 Å². The first-order chi connectivity index (χ1) is 13.6. The van der Waals surface area contributed by atoms with Crippen LogP contribution in [0.5, 0.6) is 0 Å². The standard InChI is InChI=1S/C20H21N3O4S/c24-20(21-17-7-12-28-19-4-2-1-3-15(17)19)16-13-14(23(25)26)5-6-18(16)22-8-10-27-11-9-22/h1-6,13,17H,7-12H2,(H,21,24)/t17-/m1/s1. The van der Waals surface area contributed by atoms with Gasteiger partial charge in [0.05, 0.1) is 35.4 Å². The summed E-state index contributed by atoms with van der Waals surface area (Å²) in [4.78, 5) is 27.2. The first-order valence-electron chi connectivity index (χ1n) is 9.27. The number of nitro groups is 1. The molecule has 0 radical (unpaired) electrons. The number of non-ortho nitro benzene ring substituents is 1. The summed E-state index contributed by atoms with van der Waals surface area (Å²) < 4.78 is 5.39. The van der Waals surface area contributed by atoms with Crippen molar-refractivity contribution in [1.29, 1.82) is 0 Å². The van der Waals surface area contributed by atoms with E-state index in [0.29, 0.717) is 37.6 Å². The van der Waals surface area contributed by atoms with Gasteiger partial charge in [0, 0.05) is 35.9 Å². The van der Waals surface area contributed by atoms with Gasteiger partial charge in [-0.05, 0) is 24.1 Å². The molecule has 1 atom stereocenters. The highest BCUT2D eigenvalue weighted by Gasteiger charge is 2.26. The van der Waals surface area contributed by atoms with E-state index in [1.807, 2.05) is 23.1 Å². The molecule has 2 aromatic carbocycles. The predicted octanol–water partition coefficient (Wildman–Crippen LogP) is 3.40. The van der Waals surface area contributed by atoms with Gasteiger partial charge in [-0.3, -0.25) is 14.9 Å². The highest BCUT2D eigenvalue weighted by atomic mass is 32.2. The number of carbonyl (C=O) groups excluding carboxylic acids is 1. The predicted molar refractivity (Wildman–Crippen MR) is 108 cm³/mol. The van der Waals surface area contributed by atoms with Crippen LogP contribution in [0.1, 0.15) is 28.4 Å². The summed E-state index contributed by atoms with van der Waals surface area (Å²) in [7, 11) is 0. The fourth-order valence-electron chi connectivity index (χ4n) is 3.63. The average molecular weight is 399 g/mol. The third-order valence-electron chi connectivity index (χ3n) is 5.05. The maximum atomic E-state index is 13.2. The van der Waals surface area contributed by atoms with Gasteiger partial charge in [0.2, 0.25) is 0 Å². The van der Waals surface area contributed by atoms with E-state index in [2.05, 4.69) is 11.4 Å². The topological polar surface area (TPSA) is 84.7 Å². The van der Waals surface area contributed by atoms with Crippen molar-refractivity contribution in [3.63, 3.8) is 0 Å². The first-order valence-corrected chi connectivity index (χ1v) is 10.3. The Morgan fingerprint density at radius 2 is 2.00 bits per heavy atom. The number of carbonyl (C=O) groups is 1. The Labute approximate surface area is 167 Å². The number of fused-ring (bicyclic) bond motifs is 1. The summed E-state index contributed by atoms with van der Waals surface area (Å²) >= 11 is 1.78. The largest absolute Gasteiger partial charge is 0.378 e. The molecule has 0 bridgehead atoms. The Balaban J connectivity index is 1.64. The van der Waals surface area contributed by atoms with Crippen molar-refractivity contribution in [2.24, 2.45) is 0 Å². The number of nitrogens with one attached hydrogen (secondary N) is 1. The molecule has 1 N–H and O–H groups in total. The van der Waals surface area contributed by atoms with Crippen molar-refractivity contribution >= 4 is 29.0 Å². The van der Waals surface area contributed by atoms with Crippen LogP contribution in [0, 0.1) is 10.1 Å². The zero-order valence-corrected chi connectivity index (χ0v) is 16.1. The summed E-state index contributed by atoms with van der Waals surface area (Å²) in [6.45, 7) is 2.46. The minimum absolute atomic E-state index is 0.0817. The molecule has 1 amide bonds. The molecule has 7 nitrogen and oxygen atoms in total. The van der Waals surface area contributed by atoms with Crippen LogP contribution in [-0.4, -0.2) is 42.9 Å². The molecule has 8 heteroatoms. The van der Waals surface area contributed by atoms with E-state index in [9.17, 15) is 14.9 Å². The summed E-state index contributed by atoms with van der Waals surface area (Å²) in [6, 6.07) is 12.5. The fraction of sp³-hybridized carbons (Fsp3) is 0.350. The van der Waals surface area contributed by atoms with Crippen molar-refractivity contribution in [3.8, 4) is 0 Å². The molecule has 0 aliphatic carbocycles. The maximum absolute atomic E-state index is 13.2. The second-order valence-electron chi connectivity index (χ2n) is 6.76. The molecule has 0 saturated carbocycles. The lowest BCUT2D eigenvalue weighted by Gasteiger charge is -2.31. The summed E-state index contributed by atoms with van der Waals surface area (Å²) in [5.41, 5.74) is 2.07. The molecular formula is C20H21N3O4S. The van der Waals surface area contributed by atoms with Gasteiger partial charge in [-0.1, -0.05) is 18.2 Å².